The normalized spacial score (nSPS) is 11.5. The van der Waals surface area contributed by atoms with Gasteiger partial charge in [0, 0.05) is 21.3 Å². The first-order valence-electron chi connectivity index (χ1n) is 9.23. The third kappa shape index (κ3) is 4.42. The number of oxazole rings is 1. The van der Waals surface area contributed by atoms with E-state index in [9.17, 15) is 4.79 Å². The van der Waals surface area contributed by atoms with Gasteiger partial charge in [-0.2, -0.15) is 0 Å². The molecule has 0 atom stereocenters. The zero-order chi connectivity index (χ0) is 21.3. The van der Waals surface area contributed by atoms with Gasteiger partial charge in [0.1, 0.15) is 11.3 Å². The van der Waals surface area contributed by atoms with Gasteiger partial charge in [0.2, 0.25) is 5.89 Å². The quantitative estimate of drug-likeness (QED) is 0.379. The molecule has 30 heavy (non-hydrogen) atoms. The van der Waals surface area contributed by atoms with Gasteiger partial charge in [-0.1, -0.05) is 23.2 Å². The smallest absolute Gasteiger partial charge is 0.267 e. The number of aromatic nitrogens is 1. The number of carbonyl (C=O) groups is 1. The van der Waals surface area contributed by atoms with Crippen LogP contribution in [0.2, 0.25) is 10.0 Å². The lowest BCUT2D eigenvalue weighted by atomic mass is 10.1. The van der Waals surface area contributed by atoms with Crippen molar-refractivity contribution in [1.29, 1.82) is 0 Å². The number of anilines is 1. The molecular weight excluding hydrogens is 423 g/mol. The van der Waals surface area contributed by atoms with Crippen LogP contribution in [0.5, 0.6) is 5.75 Å². The summed E-state index contributed by atoms with van der Waals surface area (Å²) in [6, 6.07) is 19.4. The molecule has 0 saturated carbocycles. The molecule has 0 aliphatic heterocycles. The molecule has 0 aliphatic carbocycles. The fraction of sp³-hybridized carbons (Fsp3) is 0.130. The van der Waals surface area contributed by atoms with E-state index < -0.39 is 5.60 Å². The van der Waals surface area contributed by atoms with Crippen LogP contribution in [-0.4, -0.2) is 16.5 Å². The van der Waals surface area contributed by atoms with Crippen LogP contribution in [0.1, 0.15) is 13.8 Å². The first kappa shape index (κ1) is 20.3. The summed E-state index contributed by atoms with van der Waals surface area (Å²) < 4.78 is 11.6. The van der Waals surface area contributed by atoms with Gasteiger partial charge in [0.05, 0.1) is 0 Å². The van der Waals surface area contributed by atoms with Crippen LogP contribution < -0.4 is 10.1 Å². The molecule has 4 rings (SSSR count). The lowest BCUT2D eigenvalue weighted by Crippen LogP contribution is -2.42. The average molecular weight is 441 g/mol. The number of hydrogen-bond donors (Lipinski definition) is 1. The van der Waals surface area contributed by atoms with Crippen LogP contribution in [0.3, 0.4) is 0 Å². The number of nitrogens with one attached hydrogen (secondary N) is 1. The Hall–Kier alpha value is -3.02. The summed E-state index contributed by atoms with van der Waals surface area (Å²) in [5.74, 6) is 0.744. The first-order chi connectivity index (χ1) is 14.3. The molecular formula is C23H18Cl2N2O3. The predicted molar refractivity (Wildman–Crippen MR) is 119 cm³/mol. The number of halogens is 2. The highest BCUT2D eigenvalue weighted by molar-refractivity contribution is 6.30. The van der Waals surface area contributed by atoms with Crippen molar-refractivity contribution in [1.82, 2.24) is 4.98 Å². The van der Waals surface area contributed by atoms with Gasteiger partial charge in [-0.3, -0.25) is 4.79 Å². The highest BCUT2D eigenvalue weighted by atomic mass is 35.5. The number of benzene rings is 3. The van der Waals surface area contributed by atoms with Crippen molar-refractivity contribution < 1.29 is 13.9 Å². The Morgan fingerprint density at radius 1 is 0.967 bits per heavy atom. The summed E-state index contributed by atoms with van der Waals surface area (Å²) in [5, 5.41) is 4.12. The highest BCUT2D eigenvalue weighted by Crippen LogP contribution is 2.28. The van der Waals surface area contributed by atoms with Gasteiger partial charge in [0.15, 0.2) is 11.2 Å². The number of rotatable bonds is 5. The van der Waals surface area contributed by atoms with E-state index in [1.54, 1.807) is 68.4 Å². The van der Waals surface area contributed by atoms with Crippen molar-refractivity contribution in [3.63, 3.8) is 0 Å². The van der Waals surface area contributed by atoms with E-state index >= 15 is 0 Å². The molecule has 0 bridgehead atoms. The fourth-order valence-corrected chi connectivity index (χ4v) is 3.10. The van der Waals surface area contributed by atoms with Gasteiger partial charge in [0.25, 0.3) is 5.91 Å². The van der Waals surface area contributed by atoms with Gasteiger partial charge >= 0.3 is 0 Å². The molecule has 1 amide bonds. The van der Waals surface area contributed by atoms with Crippen molar-refractivity contribution in [2.45, 2.75) is 19.4 Å². The molecule has 1 aromatic heterocycles. The average Bonchev–Trinajstić information content (AvgIpc) is 3.13. The number of fused-ring (bicyclic) bond motifs is 1. The molecule has 1 N–H and O–H groups in total. The van der Waals surface area contributed by atoms with Gasteiger partial charge in [-0.05, 0) is 80.6 Å². The SMILES string of the molecule is CC(C)(Oc1ccc(Cl)cc1)C(=O)Nc1ccc2oc(-c3ccc(Cl)cc3)nc2c1. The Bertz CT molecular complexity index is 1200. The Morgan fingerprint density at radius 3 is 2.27 bits per heavy atom. The Kier molecular flexibility index (Phi) is 5.41. The van der Waals surface area contributed by atoms with E-state index in [4.69, 9.17) is 32.4 Å². The van der Waals surface area contributed by atoms with E-state index in [0.29, 0.717) is 38.5 Å². The summed E-state index contributed by atoms with van der Waals surface area (Å²) >= 11 is 11.8. The van der Waals surface area contributed by atoms with Crippen LogP contribution >= 0.6 is 23.2 Å². The predicted octanol–water partition coefficient (Wildman–Crippen LogP) is 6.60. The molecule has 4 aromatic rings. The van der Waals surface area contributed by atoms with Crippen LogP contribution in [-0.2, 0) is 4.79 Å². The molecule has 5 nitrogen and oxygen atoms in total. The fourth-order valence-electron chi connectivity index (χ4n) is 2.85. The lowest BCUT2D eigenvalue weighted by Gasteiger charge is -2.25. The van der Waals surface area contributed by atoms with E-state index in [0.717, 1.165) is 5.56 Å². The highest BCUT2D eigenvalue weighted by Gasteiger charge is 2.30. The molecule has 0 unspecified atom stereocenters. The number of carbonyl (C=O) groups excluding carboxylic acids is 1. The first-order valence-corrected chi connectivity index (χ1v) is 9.98. The maximum absolute atomic E-state index is 12.8. The standard InChI is InChI=1S/C23H18Cl2N2O3/c1-23(2,30-18-10-7-16(25)8-11-18)22(28)26-17-9-12-20-19(13-17)27-21(29-20)14-3-5-15(24)6-4-14/h3-13H,1-2H3,(H,26,28). The third-order valence-corrected chi connectivity index (χ3v) is 4.97. The van der Waals surface area contributed by atoms with E-state index in [1.165, 1.54) is 0 Å². The van der Waals surface area contributed by atoms with Crippen molar-refractivity contribution >= 4 is 45.9 Å². The van der Waals surface area contributed by atoms with E-state index in [2.05, 4.69) is 10.3 Å². The second-order valence-corrected chi connectivity index (χ2v) is 8.10. The number of hydrogen-bond acceptors (Lipinski definition) is 4. The maximum atomic E-state index is 12.8. The monoisotopic (exact) mass is 440 g/mol. The van der Waals surface area contributed by atoms with Crippen molar-refractivity contribution in [2.75, 3.05) is 5.32 Å². The van der Waals surface area contributed by atoms with E-state index in [1.807, 2.05) is 12.1 Å². The van der Waals surface area contributed by atoms with E-state index in [-0.39, 0.29) is 5.91 Å². The molecule has 0 fully saturated rings. The molecule has 3 aromatic carbocycles. The van der Waals surface area contributed by atoms with Crippen LogP contribution in [0.15, 0.2) is 71.1 Å². The Labute approximate surface area is 183 Å². The minimum atomic E-state index is -1.10. The van der Waals surface area contributed by atoms with Gasteiger partial charge in [-0.25, -0.2) is 4.98 Å². The second-order valence-electron chi connectivity index (χ2n) is 7.23. The topological polar surface area (TPSA) is 64.4 Å². The lowest BCUT2D eigenvalue weighted by molar-refractivity contribution is -0.128. The summed E-state index contributed by atoms with van der Waals surface area (Å²) in [5.41, 5.74) is 1.57. The van der Waals surface area contributed by atoms with Crippen LogP contribution in [0.25, 0.3) is 22.6 Å². The molecule has 0 aliphatic rings. The molecule has 1 heterocycles. The van der Waals surface area contributed by atoms with Crippen molar-refractivity contribution in [3.8, 4) is 17.2 Å². The summed E-state index contributed by atoms with van der Waals surface area (Å²) in [6.45, 7) is 3.40. The Morgan fingerprint density at radius 2 is 1.60 bits per heavy atom. The minimum Gasteiger partial charge on any atom is -0.478 e. The maximum Gasteiger partial charge on any atom is 0.267 e. The summed E-state index contributed by atoms with van der Waals surface area (Å²) in [4.78, 5) is 17.3. The van der Waals surface area contributed by atoms with Crippen molar-refractivity contribution in [3.05, 3.63) is 76.8 Å². The Balaban J connectivity index is 1.52. The molecule has 0 saturated heterocycles. The third-order valence-electron chi connectivity index (χ3n) is 4.47. The molecule has 152 valence electrons. The zero-order valence-corrected chi connectivity index (χ0v) is 17.8. The number of ether oxygens (including phenoxy) is 1. The summed E-state index contributed by atoms with van der Waals surface area (Å²) in [7, 11) is 0. The minimum absolute atomic E-state index is 0.293. The van der Waals surface area contributed by atoms with Crippen molar-refractivity contribution in [2.24, 2.45) is 0 Å². The van der Waals surface area contributed by atoms with Crippen LogP contribution in [0.4, 0.5) is 5.69 Å². The number of amides is 1. The molecule has 0 radical (unpaired) electrons. The summed E-state index contributed by atoms with van der Waals surface area (Å²) in [6.07, 6.45) is 0. The molecule has 7 heteroatoms. The zero-order valence-electron chi connectivity index (χ0n) is 16.3. The largest absolute Gasteiger partial charge is 0.478 e. The molecule has 0 spiro atoms. The van der Waals surface area contributed by atoms with Crippen LogP contribution in [0, 0.1) is 0 Å². The van der Waals surface area contributed by atoms with Gasteiger partial charge < -0.3 is 14.5 Å². The number of nitrogens with zero attached hydrogens (tertiary/aromatic N) is 1. The second kappa shape index (κ2) is 8.01. The van der Waals surface area contributed by atoms with Gasteiger partial charge in [-0.15, -0.1) is 0 Å².